The van der Waals surface area contributed by atoms with Crippen molar-refractivity contribution >= 4 is 22.5 Å². The normalized spacial score (nSPS) is 20.3. The van der Waals surface area contributed by atoms with Gasteiger partial charge in [-0.2, -0.15) is 5.10 Å². The standard InChI is InChI=1S/C21H23N5O/c1-25-12-18(11-23-25)14-2-3-15-10-22-20(9-17(15)8-14)24-21(27)16-6-7-26(13-16)19-4-5-19/h2-3,8-12,16,19H,4-7,13H2,1H3,(H,22,24,27). The van der Waals surface area contributed by atoms with Gasteiger partial charge in [0.05, 0.1) is 12.1 Å². The molecular weight excluding hydrogens is 338 g/mol. The predicted octanol–water partition coefficient (Wildman–Crippen LogP) is 3.06. The maximum Gasteiger partial charge on any atom is 0.229 e. The van der Waals surface area contributed by atoms with E-state index in [2.05, 4.69) is 38.5 Å². The molecule has 5 rings (SSSR count). The molecular formula is C21H23N5O. The Labute approximate surface area is 158 Å². The molecule has 0 bridgehead atoms. The van der Waals surface area contributed by atoms with Gasteiger partial charge in [0.25, 0.3) is 0 Å². The molecule has 6 nitrogen and oxygen atoms in total. The number of amides is 1. The summed E-state index contributed by atoms with van der Waals surface area (Å²) in [5, 5.41) is 9.39. The lowest BCUT2D eigenvalue weighted by Gasteiger charge is -2.14. The zero-order chi connectivity index (χ0) is 18.4. The van der Waals surface area contributed by atoms with Crippen LogP contribution in [0.4, 0.5) is 5.82 Å². The number of nitrogens with one attached hydrogen (secondary N) is 1. The monoisotopic (exact) mass is 361 g/mol. The average Bonchev–Trinajstić information content (AvgIpc) is 3.23. The van der Waals surface area contributed by atoms with E-state index in [4.69, 9.17) is 0 Å². The number of anilines is 1. The van der Waals surface area contributed by atoms with Crippen LogP contribution in [0.5, 0.6) is 0 Å². The van der Waals surface area contributed by atoms with Gasteiger partial charge in [-0.25, -0.2) is 4.98 Å². The molecule has 1 aliphatic carbocycles. The fourth-order valence-corrected chi connectivity index (χ4v) is 3.96. The lowest BCUT2D eigenvalue weighted by Crippen LogP contribution is -2.28. The molecule has 0 spiro atoms. The van der Waals surface area contributed by atoms with Crippen LogP contribution >= 0.6 is 0 Å². The van der Waals surface area contributed by atoms with Crippen LogP contribution in [0.1, 0.15) is 19.3 Å². The van der Waals surface area contributed by atoms with Gasteiger partial charge in [0, 0.05) is 43.0 Å². The summed E-state index contributed by atoms with van der Waals surface area (Å²) in [5.41, 5.74) is 2.18. The van der Waals surface area contributed by atoms with Crippen LogP contribution in [0.15, 0.2) is 42.9 Å². The van der Waals surface area contributed by atoms with Gasteiger partial charge in [-0.15, -0.1) is 0 Å². The molecule has 2 aliphatic rings. The fraction of sp³-hybridized carbons (Fsp3) is 0.381. The molecule has 0 radical (unpaired) electrons. The molecule has 1 N–H and O–H groups in total. The number of pyridine rings is 1. The Balaban J connectivity index is 1.34. The highest BCUT2D eigenvalue weighted by atomic mass is 16.2. The number of fused-ring (bicyclic) bond motifs is 1. The van der Waals surface area contributed by atoms with Crippen LogP contribution in [-0.4, -0.2) is 44.7 Å². The second-order valence-corrected chi connectivity index (χ2v) is 7.74. The van der Waals surface area contributed by atoms with E-state index in [1.54, 1.807) is 4.68 Å². The lowest BCUT2D eigenvalue weighted by atomic mass is 10.0. The fourth-order valence-electron chi connectivity index (χ4n) is 3.96. The molecule has 1 unspecified atom stereocenters. The van der Waals surface area contributed by atoms with Crippen molar-refractivity contribution in [3.63, 3.8) is 0 Å². The summed E-state index contributed by atoms with van der Waals surface area (Å²) < 4.78 is 1.80. The largest absolute Gasteiger partial charge is 0.310 e. The van der Waals surface area contributed by atoms with Crippen LogP contribution in [0.2, 0.25) is 0 Å². The highest BCUT2D eigenvalue weighted by molar-refractivity contribution is 5.95. The van der Waals surface area contributed by atoms with Gasteiger partial charge in [-0.1, -0.05) is 12.1 Å². The van der Waals surface area contributed by atoms with Crippen molar-refractivity contribution in [1.29, 1.82) is 0 Å². The van der Waals surface area contributed by atoms with E-state index in [1.807, 2.05) is 31.7 Å². The first-order valence-electron chi connectivity index (χ1n) is 9.59. The minimum Gasteiger partial charge on any atom is -0.310 e. The first-order chi connectivity index (χ1) is 13.2. The summed E-state index contributed by atoms with van der Waals surface area (Å²) in [7, 11) is 1.91. The molecule has 1 saturated heterocycles. The van der Waals surface area contributed by atoms with E-state index >= 15 is 0 Å². The summed E-state index contributed by atoms with van der Waals surface area (Å²) in [6.07, 6.45) is 9.21. The zero-order valence-corrected chi connectivity index (χ0v) is 15.4. The SMILES string of the molecule is Cn1cc(-c2ccc3cnc(NC(=O)C4CCN(C5CC5)C4)cc3c2)cn1. The quantitative estimate of drug-likeness (QED) is 0.776. The van der Waals surface area contributed by atoms with Crippen LogP contribution < -0.4 is 5.32 Å². The van der Waals surface area contributed by atoms with E-state index in [-0.39, 0.29) is 11.8 Å². The summed E-state index contributed by atoms with van der Waals surface area (Å²) in [5.74, 6) is 0.791. The highest BCUT2D eigenvalue weighted by Crippen LogP contribution is 2.32. The summed E-state index contributed by atoms with van der Waals surface area (Å²) in [6.45, 7) is 1.93. The van der Waals surface area contributed by atoms with Gasteiger partial charge in [0.2, 0.25) is 5.91 Å². The van der Waals surface area contributed by atoms with E-state index in [9.17, 15) is 4.79 Å². The predicted molar refractivity (Wildman–Crippen MR) is 105 cm³/mol. The number of hydrogen-bond donors (Lipinski definition) is 1. The van der Waals surface area contributed by atoms with Gasteiger partial charge in [-0.3, -0.25) is 14.4 Å². The molecule has 1 aliphatic heterocycles. The number of likely N-dealkylation sites (tertiary alicyclic amines) is 1. The Hall–Kier alpha value is -2.73. The van der Waals surface area contributed by atoms with Gasteiger partial charge in [0.1, 0.15) is 5.82 Å². The number of nitrogens with zero attached hydrogens (tertiary/aromatic N) is 4. The Morgan fingerprint density at radius 2 is 2.00 bits per heavy atom. The van der Waals surface area contributed by atoms with Crippen LogP contribution in [0, 0.1) is 5.92 Å². The molecule has 1 amide bonds. The average molecular weight is 361 g/mol. The van der Waals surface area contributed by atoms with Crippen molar-refractivity contribution in [2.24, 2.45) is 13.0 Å². The minimum atomic E-state index is 0.0739. The molecule has 3 heterocycles. The third kappa shape index (κ3) is 3.32. The van der Waals surface area contributed by atoms with E-state index in [0.717, 1.165) is 47.5 Å². The highest BCUT2D eigenvalue weighted by Gasteiger charge is 2.36. The number of aromatic nitrogens is 3. The van der Waals surface area contributed by atoms with E-state index in [1.165, 1.54) is 12.8 Å². The molecule has 1 atom stereocenters. The maximum atomic E-state index is 12.6. The first kappa shape index (κ1) is 16.4. The molecule has 3 aromatic rings. The first-order valence-corrected chi connectivity index (χ1v) is 9.59. The lowest BCUT2D eigenvalue weighted by molar-refractivity contribution is -0.119. The second-order valence-electron chi connectivity index (χ2n) is 7.74. The number of rotatable bonds is 4. The number of carbonyl (C=O) groups is 1. The van der Waals surface area contributed by atoms with Gasteiger partial charge in [-0.05, 0) is 48.9 Å². The third-order valence-electron chi connectivity index (χ3n) is 5.66. The Morgan fingerprint density at radius 1 is 1.11 bits per heavy atom. The van der Waals surface area contributed by atoms with Crippen LogP contribution in [-0.2, 0) is 11.8 Å². The molecule has 2 fully saturated rings. The third-order valence-corrected chi connectivity index (χ3v) is 5.66. The van der Waals surface area contributed by atoms with Crippen molar-refractivity contribution < 1.29 is 4.79 Å². The number of carbonyl (C=O) groups excluding carboxylic acids is 1. The Kier molecular flexibility index (Phi) is 3.93. The topological polar surface area (TPSA) is 63.1 Å². The molecule has 2 aromatic heterocycles. The Bertz CT molecular complexity index is 1010. The van der Waals surface area contributed by atoms with E-state index < -0.39 is 0 Å². The second kappa shape index (κ2) is 6.46. The minimum absolute atomic E-state index is 0.0739. The zero-order valence-electron chi connectivity index (χ0n) is 15.4. The smallest absolute Gasteiger partial charge is 0.229 e. The van der Waals surface area contributed by atoms with Crippen LogP contribution in [0.25, 0.3) is 21.9 Å². The van der Waals surface area contributed by atoms with Crippen molar-refractivity contribution in [3.8, 4) is 11.1 Å². The van der Waals surface area contributed by atoms with E-state index in [0.29, 0.717) is 5.82 Å². The van der Waals surface area contributed by atoms with Gasteiger partial charge in [0.15, 0.2) is 0 Å². The molecule has 27 heavy (non-hydrogen) atoms. The van der Waals surface area contributed by atoms with Crippen molar-refractivity contribution in [3.05, 3.63) is 42.9 Å². The molecule has 1 saturated carbocycles. The number of aryl methyl sites for hydroxylation is 1. The molecule has 6 heteroatoms. The Morgan fingerprint density at radius 3 is 2.78 bits per heavy atom. The van der Waals surface area contributed by atoms with Crippen molar-refractivity contribution in [1.82, 2.24) is 19.7 Å². The maximum absolute atomic E-state index is 12.6. The molecule has 1 aromatic carbocycles. The number of benzene rings is 1. The molecule has 138 valence electrons. The number of hydrogen-bond acceptors (Lipinski definition) is 4. The van der Waals surface area contributed by atoms with Crippen LogP contribution in [0.3, 0.4) is 0 Å². The van der Waals surface area contributed by atoms with Gasteiger partial charge < -0.3 is 5.32 Å². The summed E-state index contributed by atoms with van der Waals surface area (Å²) in [4.78, 5) is 19.5. The van der Waals surface area contributed by atoms with Crippen molar-refractivity contribution in [2.45, 2.75) is 25.3 Å². The van der Waals surface area contributed by atoms with Crippen molar-refractivity contribution in [2.75, 3.05) is 18.4 Å². The summed E-state index contributed by atoms with van der Waals surface area (Å²) >= 11 is 0. The summed E-state index contributed by atoms with van der Waals surface area (Å²) in [6, 6.07) is 8.94. The van der Waals surface area contributed by atoms with Gasteiger partial charge >= 0.3 is 0 Å².